The summed E-state index contributed by atoms with van der Waals surface area (Å²) in [5.41, 5.74) is 0. The number of rotatable bonds is 4. The fourth-order valence-electron chi connectivity index (χ4n) is 3.28. The van der Waals surface area contributed by atoms with Gasteiger partial charge < -0.3 is 10.2 Å². The predicted octanol–water partition coefficient (Wildman–Crippen LogP) is 0.208. The average molecular weight is 265 g/mol. The first-order valence-corrected chi connectivity index (χ1v) is 7.43. The average Bonchev–Trinajstić information content (AvgIpc) is 3.15. The molecule has 2 atom stereocenters. The van der Waals surface area contributed by atoms with E-state index in [2.05, 4.69) is 17.3 Å². The van der Waals surface area contributed by atoms with Crippen LogP contribution >= 0.6 is 0 Å². The van der Waals surface area contributed by atoms with E-state index in [0.717, 1.165) is 25.9 Å². The Hall–Kier alpha value is -0.940. The highest BCUT2D eigenvalue weighted by Crippen LogP contribution is 2.31. The van der Waals surface area contributed by atoms with Gasteiger partial charge in [0, 0.05) is 12.6 Å². The highest BCUT2D eigenvalue weighted by molar-refractivity contribution is 6.06. The molecule has 0 spiro atoms. The summed E-state index contributed by atoms with van der Waals surface area (Å²) in [7, 11) is 2.14. The van der Waals surface area contributed by atoms with Gasteiger partial charge in [-0.1, -0.05) is 0 Å². The molecule has 1 N–H and O–H groups in total. The summed E-state index contributed by atoms with van der Waals surface area (Å²) in [6, 6.07) is -0.0482. The van der Waals surface area contributed by atoms with Gasteiger partial charge >= 0.3 is 0 Å². The Balaban J connectivity index is 1.50. The Bertz CT molecular complexity index is 381. The second-order valence-electron chi connectivity index (χ2n) is 6.27. The summed E-state index contributed by atoms with van der Waals surface area (Å²) in [5, 5.41) is 3.33. The van der Waals surface area contributed by atoms with Crippen molar-refractivity contribution in [1.29, 1.82) is 0 Å². The summed E-state index contributed by atoms with van der Waals surface area (Å²) in [6.45, 7) is 3.12. The van der Waals surface area contributed by atoms with Crippen molar-refractivity contribution in [2.45, 2.75) is 44.2 Å². The predicted molar refractivity (Wildman–Crippen MR) is 71.5 cm³/mol. The normalized spacial score (nSPS) is 33.2. The Morgan fingerprint density at radius 1 is 1.26 bits per heavy atom. The van der Waals surface area contributed by atoms with Crippen LogP contribution in [0.3, 0.4) is 0 Å². The van der Waals surface area contributed by atoms with E-state index in [-0.39, 0.29) is 23.9 Å². The fraction of sp³-hybridized carbons (Fsp3) is 0.857. The molecule has 3 fully saturated rings. The molecule has 2 amide bonds. The Labute approximate surface area is 114 Å². The number of hydrogen-bond donors (Lipinski definition) is 1. The van der Waals surface area contributed by atoms with Crippen molar-refractivity contribution in [3.8, 4) is 0 Å². The molecule has 3 rings (SSSR count). The smallest absolute Gasteiger partial charge is 0.247 e. The Kier molecular flexibility index (Phi) is 3.58. The standard InChI is InChI=1S/C14H23N3O2/c1-16-6-2-3-10(9-16)8-15-12-7-13(18)17(14(12)19)11-4-5-11/h10-12,15H,2-9H2,1H3. The first-order valence-electron chi connectivity index (χ1n) is 7.43. The third-order valence-corrected chi connectivity index (χ3v) is 4.47. The molecule has 0 aromatic rings. The van der Waals surface area contributed by atoms with Gasteiger partial charge in [0.1, 0.15) is 0 Å². The van der Waals surface area contributed by atoms with Gasteiger partial charge in [-0.2, -0.15) is 0 Å². The van der Waals surface area contributed by atoms with Crippen LogP contribution in [0.1, 0.15) is 32.1 Å². The van der Waals surface area contributed by atoms with Gasteiger partial charge in [0.25, 0.3) is 0 Å². The van der Waals surface area contributed by atoms with E-state index in [1.807, 2.05) is 0 Å². The van der Waals surface area contributed by atoms with E-state index in [1.165, 1.54) is 24.3 Å². The van der Waals surface area contributed by atoms with E-state index < -0.39 is 0 Å². The van der Waals surface area contributed by atoms with Crippen molar-refractivity contribution >= 4 is 11.8 Å². The van der Waals surface area contributed by atoms with Gasteiger partial charge in [0.05, 0.1) is 12.5 Å². The second-order valence-corrected chi connectivity index (χ2v) is 6.27. The van der Waals surface area contributed by atoms with Gasteiger partial charge in [-0.25, -0.2) is 0 Å². The number of hydrogen-bond acceptors (Lipinski definition) is 4. The molecule has 5 nitrogen and oxygen atoms in total. The number of imide groups is 1. The number of carbonyl (C=O) groups is 2. The van der Waals surface area contributed by atoms with E-state index >= 15 is 0 Å². The van der Waals surface area contributed by atoms with Crippen LogP contribution in [-0.2, 0) is 9.59 Å². The summed E-state index contributed by atoms with van der Waals surface area (Å²) in [6.07, 6.45) is 4.81. The number of piperidine rings is 1. The maximum atomic E-state index is 12.2. The third kappa shape index (κ3) is 2.82. The molecule has 0 aromatic heterocycles. The van der Waals surface area contributed by atoms with E-state index in [9.17, 15) is 9.59 Å². The zero-order valence-electron chi connectivity index (χ0n) is 11.6. The molecular weight excluding hydrogens is 242 g/mol. The minimum Gasteiger partial charge on any atom is -0.306 e. The number of likely N-dealkylation sites (tertiary alicyclic amines) is 2. The van der Waals surface area contributed by atoms with Crippen molar-refractivity contribution in [2.24, 2.45) is 5.92 Å². The minimum absolute atomic E-state index is 0.0108. The van der Waals surface area contributed by atoms with Crippen LogP contribution < -0.4 is 5.32 Å². The Morgan fingerprint density at radius 2 is 2.05 bits per heavy atom. The molecule has 106 valence electrons. The van der Waals surface area contributed by atoms with E-state index in [0.29, 0.717) is 12.3 Å². The molecule has 2 aliphatic heterocycles. The van der Waals surface area contributed by atoms with Crippen LogP contribution in [0.2, 0.25) is 0 Å². The highest BCUT2D eigenvalue weighted by Gasteiger charge is 2.45. The lowest BCUT2D eigenvalue weighted by Crippen LogP contribution is -2.44. The zero-order valence-corrected chi connectivity index (χ0v) is 11.6. The number of carbonyl (C=O) groups excluding carboxylic acids is 2. The second kappa shape index (κ2) is 5.21. The van der Waals surface area contributed by atoms with Crippen molar-refractivity contribution in [2.75, 3.05) is 26.7 Å². The van der Waals surface area contributed by atoms with E-state index in [1.54, 1.807) is 0 Å². The van der Waals surface area contributed by atoms with Crippen molar-refractivity contribution in [3.05, 3.63) is 0 Å². The molecular formula is C14H23N3O2. The lowest BCUT2D eigenvalue weighted by atomic mass is 9.98. The molecule has 1 saturated carbocycles. The summed E-state index contributed by atoms with van der Waals surface area (Å²) in [5.74, 6) is 0.638. The SMILES string of the molecule is CN1CCCC(CNC2CC(=O)N(C3CC3)C2=O)C1. The molecule has 19 heavy (non-hydrogen) atoms. The number of nitrogens with zero attached hydrogens (tertiary/aromatic N) is 2. The summed E-state index contributed by atoms with van der Waals surface area (Å²) >= 11 is 0. The molecule has 2 saturated heterocycles. The largest absolute Gasteiger partial charge is 0.306 e. The van der Waals surface area contributed by atoms with Gasteiger partial charge in [-0.15, -0.1) is 0 Å². The molecule has 0 bridgehead atoms. The first kappa shape index (κ1) is 13.1. The van der Waals surface area contributed by atoms with Gasteiger partial charge in [-0.05, 0) is 51.7 Å². The fourth-order valence-corrected chi connectivity index (χ4v) is 3.28. The van der Waals surface area contributed by atoms with Crippen molar-refractivity contribution in [3.63, 3.8) is 0 Å². The molecule has 2 unspecified atom stereocenters. The highest BCUT2D eigenvalue weighted by atomic mass is 16.2. The topological polar surface area (TPSA) is 52.7 Å². The van der Waals surface area contributed by atoms with Crippen LogP contribution in [0, 0.1) is 5.92 Å². The molecule has 5 heteroatoms. The maximum Gasteiger partial charge on any atom is 0.247 e. The van der Waals surface area contributed by atoms with Crippen LogP contribution in [0.15, 0.2) is 0 Å². The Morgan fingerprint density at radius 3 is 2.74 bits per heavy atom. The van der Waals surface area contributed by atoms with Gasteiger partial charge in [0.2, 0.25) is 11.8 Å². The first-order chi connectivity index (χ1) is 9.15. The lowest BCUT2D eigenvalue weighted by Gasteiger charge is -2.30. The molecule has 2 heterocycles. The molecule has 0 radical (unpaired) electrons. The summed E-state index contributed by atoms with van der Waals surface area (Å²) in [4.78, 5) is 27.8. The third-order valence-electron chi connectivity index (χ3n) is 4.47. The number of amides is 2. The van der Waals surface area contributed by atoms with Crippen LogP contribution in [-0.4, -0.2) is 60.4 Å². The number of nitrogens with one attached hydrogen (secondary N) is 1. The van der Waals surface area contributed by atoms with Crippen molar-refractivity contribution < 1.29 is 9.59 Å². The van der Waals surface area contributed by atoms with Crippen LogP contribution in [0.5, 0.6) is 0 Å². The van der Waals surface area contributed by atoms with Crippen molar-refractivity contribution in [1.82, 2.24) is 15.1 Å². The zero-order chi connectivity index (χ0) is 13.4. The van der Waals surface area contributed by atoms with Gasteiger partial charge in [-0.3, -0.25) is 14.5 Å². The molecule has 1 aliphatic carbocycles. The maximum absolute atomic E-state index is 12.2. The minimum atomic E-state index is -0.264. The summed E-state index contributed by atoms with van der Waals surface area (Å²) < 4.78 is 0. The lowest BCUT2D eigenvalue weighted by molar-refractivity contribution is -0.139. The molecule has 0 aromatic carbocycles. The molecule has 3 aliphatic rings. The van der Waals surface area contributed by atoms with E-state index in [4.69, 9.17) is 0 Å². The van der Waals surface area contributed by atoms with Crippen LogP contribution in [0.4, 0.5) is 0 Å². The monoisotopic (exact) mass is 265 g/mol. The van der Waals surface area contributed by atoms with Crippen LogP contribution in [0.25, 0.3) is 0 Å². The quantitative estimate of drug-likeness (QED) is 0.738. The van der Waals surface area contributed by atoms with Gasteiger partial charge in [0.15, 0.2) is 0 Å².